The number of nitrogens with one attached hydrogen (secondary N) is 1. The Morgan fingerprint density at radius 3 is 2.71 bits per heavy atom. The van der Waals surface area contributed by atoms with Crippen molar-refractivity contribution in [3.63, 3.8) is 0 Å². The number of carbonyl (C=O) groups is 1. The van der Waals surface area contributed by atoms with E-state index in [1.165, 1.54) is 0 Å². The first-order chi connectivity index (χ1) is 17.1. The first-order valence-corrected chi connectivity index (χ1v) is 12.0. The van der Waals surface area contributed by atoms with E-state index in [4.69, 9.17) is 14.2 Å². The highest BCUT2D eigenvalue weighted by Crippen LogP contribution is 2.37. The number of carboxylic acid groups (broad SMARTS) is 1. The Hall–Kier alpha value is -3.55. The van der Waals surface area contributed by atoms with Crippen LogP contribution in [-0.2, 0) is 12.8 Å². The number of aryl methyl sites for hydroxylation is 1. The van der Waals surface area contributed by atoms with Gasteiger partial charge in [0.2, 0.25) is 0 Å². The van der Waals surface area contributed by atoms with Gasteiger partial charge in [-0.3, -0.25) is 0 Å². The summed E-state index contributed by atoms with van der Waals surface area (Å²) >= 11 is 0. The van der Waals surface area contributed by atoms with E-state index in [0.29, 0.717) is 25.4 Å². The Morgan fingerprint density at radius 2 is 1.89 bits per heavy atom. The van der Waals surface area contributed by atoms with Gasteiger partial charge >= 0.3 is 5.97 Å². The van der Waals surface area contributed by atoms with Gasteiger partial charge in [-0.25, -0.2) is 4.79 Å². The maximum Gasteiger partial charge on any atom is 0.339 e. The minimum absolute atomic E-state index is 0.0198. The number of fused-ring (bicyclic) bond motifs is 2. The Balaban J connectivity index is 1.16. The maximum atomic E-state index is 11.7. The van der Waals surface area contributed by atoms with Crippen LogP contribution in [0.4, 0.5) is 0 Å². The zero-order valence-corrected chi connectivity index (χ0v) is 19.4. The summed E-state index contributed by atoms with van der Waals surface area (Å²) in [4.78, 5) is 11.7. The van der Waals surface area contributed by atoms with E-state index in [1.807, 2.05) is 48.5 Å². The molecule has 35 heavy (non-hydrogen) atoms. The fraction of sp³-hybridized carbons (Fsp3) is 0.321. The predicted octanol–water partition coefficient (Wildman–Crippen LogP) is 3.71. The molecule has 0 saturated heterocycles. The second kappa shape index (κ2) is 10.4. The molecule has 7 nitrogen and oxygen atoms in total. The molecule has 0 bridgehead atoms. The van der Waals surface area contributed by atoms with Gasteiger partial charge in [-0.15, -0.1) is 0 Å². The molecule has 2 atom stereocenters. The Kier molecular flexibility index (Phi) is 6.88. The lowest BCUT2D eigenvalue weighted by molar-refractivity contribution is 0.0693. The molecule has 3 N–H and O–H groups in total. The van der Waals surface area contributed by atoms with Gasteiger partial charge in [0.25, 0.3) is 0 Å². The molecule has 0 unspecified atom stereocenters. The van der Waals surface area contributed by atoms with Crippen molar-refractivity contribution in [2.45, 2.75) is 31.5 Å². The van der Waals surface area contributed by atoms with E-state index in [2.05, 4.69) is 11.4 Å². The number of aliphatic hydroxyl groups excluding tert-OH is 1. The number of hydrogen-bond donors (Lipinski definition) is 3. The quantitative estimate of drug-likeness (QED) is 0.434. The first kappa shape index (κ1) is 23.2. The zero-order chi connectivity index (χ0) is 24.2. The Morgan fingerprint density at radius 1 is 1.06 bits per heavy atom. The monoisotopic (exact) mass is 475 g/mol. The zero-order valence-electron chi connectivity index (χ0n) is 19.4. The molecular formula is C28H29NO6. The van der Waals surface area contributed by atoms with Crippen LogP contribution in [0.15, 0.2) is 60.7 Å². The van der Waals surface area contributed by atoms with Crippen molar-refractivity contribution < 1.29 is 29.2 Å². The molecule has 7 heteroatoms. The lowest BCUT2D eigenvalue weighted by Gasteiger charge is -2.27. The van der Waals surface area contributed by atoms with E-state index < -0.39 is 12.1 Å². The molecule has 0 saturated carbocycles. The highest BCUT2D eigenvalue weighted by atomic mass is 16.5. The van der Waals surface area contributed by atoms with Crippen LogP contribution < -0.4 is 19.5 Å². The second-order valence-electron chi connectivity index (χ2n) is 8.95. The number of benzene rings is 3. The summed E-state index contributed by atoms with van der Waals surface area (Å²) in [5, 5.41) is 23.1. The smallest absolute Gasteiger partial charge is 0.339 e. The average Bonchev–Trinajstić information content (AvgIpc) is 3.36. The molecule has 0 spiro atoms. The van der Waals surface area contributed by atoms with Crippen LogP contribution in [0.2, 0.25) is 0 Å². The summed E-state index contributed by atoms with van der Waals surface area (Å²) in [7, 11) is 0. The van der Waals surface area contributed by atoms with Crippen molar-refractivity contribution in [2.75, 3.05) is 26.3 Å². The molecule has 0 radical (unpaired) electrons. The molecular weight excluding hydrogens is 446 g/mol. The highest BCUT2D eigenvalue weighted by molar-refractivity contribution is 5.93. The third-order valence-electron chi connectivity index (χ3n) is 6.37. The van der Waals surface area contributed by atoms with E-state index in [9.17, 15) is 15.0 Å². The van der Waals surface area contributed by atoms with Gasteiger partial charge in [0.05, 0.1) is 6.61 Å². The van der Waals surface area contributed by atoms with Crippen molar-refractivity contribution in [3.8, 4) is 28.4 Å². The van der Waals surface area contributed by atoms with Crippen LogP contribution in [0.1, 0.15) is 27.9 Å². The maximum absolute atomic E-state index is 11.7. The van der Waals surface area contributed by atoms with E-state index in [0.717, 1.165) is 53.0 Å². The summed E-state index contributed by atoms with van der Waals surface area (Å²) in [6.07, 6.45) is 1.86. The first-order valence-electron chi connectivity index (χ1n) is 12.0. The molecule has 0 aliphatic carbocycles. The van der Waals surface area contributed by atoms with Gasteiger partial charge in [-0.1, -0.05) is 24.3 Å². The molecule has 3 aromatic rings. The van der Waals surface area contributed by atoms with Gasteiger partial charge in [0.15, 0.2) is 0 Å². The molecule has 5 rings (SSSR count). The molecule has 0 aromatic heterocycles. The molecule has 2 aliphatic heterocycles. The third-order valence-corrected chi connectivity index (χ3v) is 6.37. The van der Waals surface area contributed by atoms with Crippen LogP contribution in [0.5, 0.6) is 17.2 Å². The van der Waals surface area contributed by atoms with E-state index >= 15 is 0 Å². The predicted molar refractivity (Wildman–Crippen MR) is 132 cm³/mol. The van der Waals surface area contributed by atoms with Crippen molar-refractivity contribution >= 4 is 5.97 Å². The van der Waals surface area contributed by atoms with E-state index in [1.54, 1.807) is 6.07 Å². The molecule has 0 amide bonds. The molecule has 2 aliphatic rings. The van der Waals surface area contributed by atoms with Crippen molar-refractivity contribution in [3.05, 3.63) is 77.4 Å². The van der Waals surface area contributed by atoms with Crippen molar-refractivity contribution in [1.82, 2.24) is 5.32 Å². The third kappa shape index (κ3) is 5.42. The fourth-order valence-corrected chi connectivity index (χ4v) is 4.58. The van der Waals surface area contributed by atoms with Gasteiger partial charge in [-0.2, -0.15) is 0 Å². The second-order valence-corrected chi connectivity index (χ2v) is 8.95. The SMILES string of the molecule is O=C(O)c1cc(-c2ccc3c(c2)CC[C@H](CNC[C@H](O)COc2ccccc2)O3)cc2c1OCC2. The Bertz CT molecular complexity index is 1200. The fourth-order valence-electron chi connectivity index (χ4n) is 4.58. The largest absolute Gasteiger partial charge is 0.492 e. The highest BCUT2D eigenvalue weighted by Gasteiger charge is 2.24. The lowest BCUT2D eigenvalue weighted by Crippen LogP contribution is -2.39. The lowest BCUT2D eigenvalue weighted by atomic mass is 9.94. The standard InChI is InChI=1S/C28H29NO6/c30-22(17-34-23-4-2-1-3-5-23)15-29-16-24-8-6-19-12-18(7-9-26(19)35-24)21-13-20-10-11-33-27(20)25(14-21)28(31)32/h1-5,7,9,12-14,22,24,29-30H,6,8,10-11,15-17H2,(H,31,32)/t22-,24+/m0/s1. The number of rotatable bonds is 9. The average molecular weight is 476 g/mol. The molecule has 0 fully saturated rings. The van der Waals surface area contributed by atoms with Crippen LogP contribution in [0, 0.1) is 0 Å². The number of para-hydroxylation sites is 1. The number of ether oxygens (including phenoxy) is 3. The van der Waals surface area contributed by atoms with Crippen LogP contribution in [0.25, 0.3) is 11.1 Å². The van der Waals surface area contributed by atoms with E-state index in [-0.39, 0.29) is 18.3 Å². The number of aromatic carboxylic acids is 1. The van der Waals surface area contributed by atoms with Crippen molar-refractivity contribution in [1.29, 1.82) is 0 Å². The van der Waals surface area contributed by atoms with Gasteiger partial charge in [0.1, 0.15) is 41.6 Å². The summed E-state index contributed by atoms with van der Waals surface area (Å²) in [6.45, 7) is 1.80. The number of hydrogen-bond acceptors (Lipinski definition) is 6. The van der Waals surface area contributed by atoms with Crippen LogP contribution >= 0.6 is 0 Å². The summed E-state index contributed by atoms with van der Waals surface area (Å²) in [5.74, 6) is 1.11. The molecule has 182 valence electrons. The number of aliphatic hydroxyl groups is 1. The normalized spacial score (nSPS) is 17.0. The van der Waals surface area contributed by atoms with Gasteiger partial charge < -0.3 is 29.7 Å². The van der Waals surface area contributed by atoms with Gasteiger partial charge in [0, 0.05) is 19.5 Å². The summed E-state index contributed by atoms with van der Waals surface area (Å²) in [5.41, 5.74) is 4.12. The van der Waals surface area contributed by atoms with Gasteiger partial charge in [-0.05, 0) is 71.5 Å². The van der Waals surface area contributed by atoms with Crippen molar-refractivity contribution in [2.24, 2.45) is 0 Å². The number of carboxylic acids is 1. The minimum atomic E-state index is -0.974. The summed E-state index contributed by atoms with van der Waals surface area (Å²) in [6, 6.07) is 19.2. The van der Waals surface area contributed by atoms with Crippen LogP contribution in [-0.4, -0.2) is 54.7 Å². The molecule has 3 aromatic carbocycles. The topological polar surface area (TPSA) is 97.3 Å². The minimum Gasteiger partial charge on any atom is -0.492 e. The molecule has 2 heterocycles. The van der Waals surface area contributed by atoms with Crippen LogP contribution in [0.3, 0.4) is 0 Å². The summed E-state index contributed by atoms with van der Waals surface area (Å²) < 4.78 is 17.3. The Labute approximate surface area is 204 Å².